The van der Waals surface area contributed by atoms with Crippen molar-refractivity contribution in [3.63, 3.8) is 0 Å². The highest BCUT2D eigenvalue weighted by Gasteiger charge is 2.22. The molecule has 0 fully saturated rings. The number of carbonyl (C=O) groups excluding carboxylic acids is 1. The summed E-state index contributed by atoms with van der Waals surface area (Å²) in [7, 11) is 0. The van der Waals surface area contributed by atoms with Crippen LogP contribution in [0.5, 0.6) is 5.75 Å². The first-order valence-corrected chi connectivity index (χ1v) is 6.80. The molecule has 0 aromatic heterocycles. The molecule has 1 aromatic carbocycles. The van der Waals surface area contributed by atoms with Crippen molar-refractivity contribution in [3.8, 4) is 5.75 Å². The van der Waals surface area contributed by atoms with E-state index in [1.807, 2.05) is 6.07 Å². The van der Waals surface area contributed by atoms with Crippen molar-refractivity contribution in [1.29, 1.82) is 0 Å². The lowest BCUT2D eigenvalue weighted by Crippen LogP contribution is -2.42. The van der Waals surface area contributed by atoms with Crippen molar-refractivity contribution >= 4 is 33.8 Å². The smallest absolute Gasteiger partial charge is 0.326 e. The van der Waals surface area contributed by atoms with Crippen molar-refractivity contribution in [2.75, 3.05) is 6.61 Å². The quantitative estimate of drug-likeness (QED) is 0.643. The van der Waals surface area contributed by atoms with E-state index in [2.05, 4.69) is 21.2 Å². The van der Waals surface area contributed by atoms with E-state index in [0.717, 1.165) is 4.47 Å². The Bertz CT molecular complexity index is 533. The predicted molar refractivity (Wildman–Crippen MR) is 76.1 cm³/mol. The number of hydrogen-bond donors (Lipinski definition) is 3. The summed E-state index contributed by atoms with van der Waals surface area (Å²) in [6, 6.07) is 5.59. The van der Waals surface area contributed by atoms with E-state index in [0.29, 0.717) is 5.75 Å². The van der Waals surface area contributed by atoms with Crippen LogP contribution in [-0.2, 0) is 14.4 Å². The fourth-order valence-electron chi connectivity index (χ4n) is 1.46. The molecule has 114 valence electrons. The highest BCUT2D eigenvalue weighted by molar-refractivity contribution is 9.10. The minimum absolute atomic E-state index is 0.0572. The van der Waals surface area contributed by atoms with Gasteiger partial charge in [-0.25, -0.2) is 4.79 Å². The molecule has 8 heteroatoms. The lowest BCUT2D eigenvalue weighted by molar-refractivity contribution is -0.147. The van der Waals surface area contributed by atoms with Crippen LogP contribution in [0.3, 0.4) is 0 Å². The minimum atomic E-state index is -1.44. The maximum Gasteiger partial charge on any atom is 0.326 e. The molecule has 1 unspecified atom stereocenters. The lowest BCUT2D eigenvalue weighted by Gasteiger charge is -2.12. The van der Waals surface area contributed by atoms with Crippen molar-refractivity contribution in [3.05, 3.63) is 28.7 Å². The number of hydrogen-bond acceptors (Lipinski definition) is 4. The number of aliphatic carboxylic acids is 2. The number of carboxylic acid groups (broad SMARTS) is 2. The number of carboxylic acids is 2. The molecular weight excluding hydrogens is 346 g/mol. The molecule has 0 aliphatic heterocycles. The summed E-state index contributed by atoms with van der Waals surface area (Å²) in [6.45, 7) is 0.0572. The van der Waals surface area contributed by atoms with Crippen LogP contribution in [0.1, 0.15) is 12.8 Å². The molecule has 1 rings (SSSR count). The van der Waals surface area contributed by atoms with Crippen LogP contribution >= 0.6 is 15.9 Å². The van der Waals surface area contributed by atoms with Crippen LogP contribution in [0.2, 0.25) is 0 Å². The summed E-state index contributed by atoms with van der Waals surface area (Å²) in [5.41, 5.74) is 0. The monoisotopic (exact) mass is 359 g/mol. The zero-order valence-electron chi connectivity index (χ0n) is 10.9. The SMILES string of the molecule is O=C(O)CC(NC(=O)CCOc1cccc(Br)c1)C(=O)O. The third-order valence-corrected chi connectivity index (χ3v) is 2.90. The van der Waals surface area contributed by atoms with Crippen molar-refractivity contribution in [2.45, 2.75) is 18.9 Å². The van der Waals surface area contributed by atoms with Crippen LogP contribution in [-0.4, -0.2) is 40.7 Å². The number of halogens is 1. The Morgan fingerprint density at radius 2 is 2.00 bits per heavy atom. The molecule has 0 spiro atoms. The molecular formula is C13H14BrNO6. The largest absolute Gasteiger partial charge is 0.493 e. The maximum atomic E-state index is 11.5. The van der Waals surface area contributed by atoms with Crippen molar-refractivity contribution in [1.82, 2.24) is 5.32 Å². The fraction of sp³-hybridized carbons (Fsp3) is 0.308. The van der Waals surface area contributed by atoms with Gasteiger partial charge in [-0.3, -0.25) is 9.59 Å². The van der Waals surface area contributed by atoms with Gasteiger partial charge in [-0.1, -0.05) is 22.0 Å². The second-order valence-corrected chi connectivity index (χ2v) is 5.03. The number of amides is 1. The fourth-order valence-corrected chi connectivity index (χ4v) is 1.84. The van der Waals surface area contributed by atoms with Crippen LogP contribution in [0, 0.1) is 0 Å². The zero-order chi connectivity index (χ0) is 15.8. The highest BCUT2D eigenvalue weighted by Crippen LogP contribution is 2.17. The molecule has 1 amide bonds. The summed E-state index contributed by atoms with van der Waals surface area (Å²) >= 11 is 3.27. The number of ether oxygens (including phenoxy) is 1. The van der Waals surface area contributed by atoms with Crippen LogP contribution in [0.4, 0.5) is 0 Å². The third kappa shape index (κ3) is 6.75. The highest BCUT2D eigenvalue weighted by atomic mass is 79.9. The first-order chi connectivity index (χ1) is 9.88. The second-order valence-electron chi connectivity index (χ2n) is 4.11. The normalized spacial score (nSPS) is 11.5. The summed E-state index contributed by atoms with van der Waals surface area (Å²) in [5.74, 6) is -2.71. The standard InChI is InChI=1S/C13H14BrNO6/c14-8-2-1-3-9(6-8)21-5-4-11(16)15-10(13(19)20)7-12(17)18/h1-3,6,10H,4-5,7H2,(H,15,16)(H,17,18)(H,19,20). The first-order valence-electron chi connectivity index (χ1n) is 6.01. The second kappa shape index (κ2) is 8.25. The van der Waals surface area contributed by atoms with E-state index in [1.165, 1.54) is 0 Å². The van der Waals surface area contributed by atoms with Gasteiger partial charge in [-0.2, -0.15) is 0 Å². The van der Waals surface area contributed by atoms with E-state index >= 15 is 0 Å². The van der Waals surface area contributed by atoms with E-state index < -0.39 is 30.3 Å². The molecule has 1 aromatic rings. The van der Waals surface area contributed by atoms with Gasteiger partial charge in [0.25, 0.3) is 0 Å². The molecule has 0 aliphatic carbocycles. The minimum Gasteiger partial charge on any atom is -0.493 e. The summed E-state index contributed by atoms with van der Waals surface area (Å²) < 4.78 is 6.16. The molecule has 7 nitrogen and oxygen atoms in total. The van der Waals surface area contributed by atoms with Gasteiger partial charge in [0.15, 0.2) is 0 Å². The number of nitrogens with one attached hydrogen (secondary N) is 1. The summed E-state index contributed by atoms with van der Waals surface area (Å²) in [6.07, 6.45) is -0.747. The average molecular weight is 360 g/mol. The van der Waals surface area contributed by atoms with E-state index in [9.17, 15) is 14.4 Å². The average Bonchev–Trinajstić information content (AvgIpc) is 2.37. The molecule has 0 heterocycles. The maximum absolute atomic E-state index is 11.5. The predicted octanol–water partition coefficient (Wildman–Crippen LogP) is 1.26. The van der Waals surface area contributed by atoms with E-state index in [4.69, 9.17) is 14.9 Å². The van der Waals surface area contributed by atoms with Gasteiger partial charge < -0.3 is 20.3 Å². The molecule has 0 bridgehead atoms. The number of carbonyl (C=O) groups is 3. The van der Waals surface area contributed by atoms with Crippen LogP contribution < -0.4 is 10.1 Å². The number of benzene rings is 1. The Kier molecular flexibility index (Phi) is 6.67. The van der Waals surface area contributed by atoms with Crippen LogP contribution in [0.25, 0.3) is 0 Å². The van der Waals surface area contributed by atoms with Gasteiger partial charge in [-0.15, -0.1) is 0 Å². The Hall–Kier alpha value is -2.09. The molecule has 0 radical (unpaired) electrons. The van der Waals surface area contributed by atoms with Crippen molar-refractivity contribution in [2.24, 2.45) is 0 Å². The topological polar surface area (TPSA) is 113 Å². The van der Waals surface area contributed by atoms with Gasteiger partial charge in [0, 0.05) is 4.47 Å². The molecule has 21 heavy (non-hydrogen) atoms. The van der Waals surface area contributed by atoms with Gasteiger partial charge >= 0.3 is 11.9 Å². The van der Waals surface area contributed by atoms with E-state index in [1.54, 1.807) is 18.2 Å². The van der Waals surface area contributed by atoms with Gasteiger partial charge in [0.05, 0.1) is 19.4 Å². The van der Waals surface area contributed by atoms with Gasteiger partial charge in [0.2, 0.25) is 5.91 Å². The Labute approximate surface area is 129 Å². The lowest BCUT2D eigenvalue weighted by atomic mass is 10.2. The Balaban J connectivity index is 2.39. The van der Waals surface area contributed by atoms with E-state index in [-0.39, 0.29) is 13.0 Å². The molecule has 0 aliphatic rings. The molecule has 0 saturated carbocycles. The zero-order valence-corrected chi connectivity index (χ0v) is 12.5. The van der Waals surface area contributed by atoms with Crippen LogP contribution in [0.15, 0.2) is 28.7 Å². The Morgan fingerprint density at radius 1 is 1.29 bits per heavy atom. The first kappa shape index (κ1) is 17.0. The number of rotatable bonds is 8. The molecule has 1 atom stereocenters. The molecule has 0 saturated heterocycles. The summed E-state index contributed by atoms with van der Waals surface area (Å²) in [5, 5.41) is 19.5. The Morgan fingerprint density at radius 3 is 2.57 bits per heavy atom. The molecule has 3 N–H and O–H groups in total. The third-order valence-electron chi connectivity index (χ3n) is 2.41. The van der Waals surface area contributed by atoms with Crippen molar-refractivity contribution < 1.29 is 29.3 Å². The summed E-state index contributed by atoms with van der Waals surface area (Å²) in [4.78, 5) is 32.8. The van der Waals surface area contributed by atoms with Gasteiger partial charge in [0.1, 0.15) is 11.8 Å². The van der Waals surface area contributed by atoms with Gasteiger partial charge in [-0.05, 0) is 18.2 Å².